The van der Waals surface area contributed by atoms with Crippen molar-refractivity contribution in [2.75, 3.05) is 0 Å². The van der Waals surface area contributed by atoms with Gasteiger partial charge in [0.15, 0.2) is 5.65 Å². The van der Waals surface area contributed by atoms with Crippen molar-refractivity contribution in [2.45, 2.75) is 37.4 Å². The molecule has 0 aromatic carbocycles. The van der Waals surface area contributed by atoms with Gasteiger partial charge in [0.2, 0.25) is 0 Å². The van der Waals surface area contributed by atoms with E-state index in [1.165, 1.54) is 0 Å². The SMILES string of the molecule is O=c1[nH]c(=O)c2[nH]c(C3CC4CCC3O4)nc2[nH]1. The van der Waals surface area contributed by atoms with Crippen molar-refractivity contribution in [3.8, 4) is 0 Å². The molecular formula is C11H12N4O3. The number of aromatic amines is 3. The summed E-state index contributed by atoms with van der Waals surface area (Å²) in [6.45, 7) is 0. The van der Waals surface area contributed by atoms with Gasteiger partial charge in [-0.15, -0.1) is 0 Å². The largest absolute Gasteiger partial charge is 0.374 e. The lowest BCUT2D eigenvalue weighted by Gasteiger charge is -2.15. The van der Waals surface area contributed by atoms with Crippen LogP contribution in [0.25, 0.3) is 11.2 Å². The summed E-state index contributed by atoms with van der Waals surface area (Å²) >= 11 is 0. The van der Waals surface area contributed by atoms with Crippen LogP contribution in [0.3, 0.4) is 0 Å². The second-order valence-corrected chi connectivity index (χ2v) is 4.97. The van der Waals surface area contributed by atoms with Crippen LogP contribution in [0.2, 0.25) is 0 Å². The number of hydrogen-bond donors (Lipinski definition) is 3. The van der Waals surface area contributed by atoms with Gasteiger partial charge in [-0.3, -0.25) is 14.8 Å². The maximum atomic E-state index is 11.6. The summed E-state index contributed by atoms with van der Waals surface area (Å²) in [5.74, 6) is 0.948. The average Bonchev–Trinajstić information content (AvgIpc) is 3.01. The van der Waals surface area contributed by atoms with Crippen LogP contribution in [0.4, 0.5) is 0 Å². The summed E-state index contributed by atoms with van der Waals surface area (Å²) in [4.78, 5) is 34.8. The number of nitrogens with zero attached hydrogens (tertiary/aromatic N) is 1. The van der Waals surface area contributed by atoms with Crippen molar-refractivity contribution < 1.29 is 4.74 Å². The normalized spacial score (nSPS) is 30.3. The molecule has 7 nitrogen and oxygen atoms in total. The van der Waals surface area contributed by atoms with Crippen molar-refractivity contribution in [3.63, 3.8) is 0 Å². The topological polar surface area (TPSA) is 104 Å². The van der Waals surface area contributed by atoms with Crippen LogP contribution in [-0.2, 0) is 4.74 Å². The van der Waals surface area contributed by atoms with Gasteiger partial charge >= 0.3 is 5.69 Å². The highest BCUT2D eigenvalue weighted by Gasteiger charge is 2.42. The molecule has 2 aromatic rings. The number of imidazole rings is 1. The van der Waals surface area contributed by atoms with Gasteiger partial charge in [-0.25, -0.2) is 9.78 Å². The Bertz CT molecular complexity index is 728. The van der Waals surface area contributed by atoms with Crippen LogP contribution in [0.15, 0.2) is 9.59 Å². The number of nitrogens with one attached hydrogen (secondary N) is 3. The van der Waals surface area contributed by atoms with E-state index in [9.17, 15) is 9.59 Å². The molecule has 0 spiro atoms. The highest BCUT2D eigenvalue weighted by molar-refractivity contribution is 5.68. The zero-order chi connectivity index (χ0) is 12.3. The minimum atomic E-state index is -0.533. The number of aromatic nitrogens is 4. The quantitative estimate of drug-likeness (QED) is 0.659. The molecular weight excluding hydrogens is 236 g/mol. The molecule has 0 saturated carbocycles. The Morgan fingerprint density at radius 2 is 2.06 bits per heavy atom. The number of hydrogen-bond acceptors (Lipinski definition) is 4. The number of H-pyrrole nitrogens is 3. The fourth-order valence-corrected chi connectivity index (χ4v) is 3.05. The minimum absolute atomic E-state index is 0.196. The van der Waals surface area contributed by atoms with Crippen molar-refractivity contribution >= 4 is 11.2 Å². The Kier molecular flexibility index (Phi) is 1.86. The Balaban J connectivity index is 1.85. The molecule has 4 rings (SSSR count). The third-order valence-electron chi connectivity index (χ3n) is 3.87. The molecule has 0 aliphatic carbocycles. The maximum Gasteiger partial charge on any atom is 0.327 e. The molecule has 2 aromatic heterocycles. The first-order chi connectivity index (χ1) is 8.70. The van der Waals surface area contributed by atoms with Gasteiger partial charge < -0.3 is 9.72 Å². The van der Waals surface area contributed by atoms with E-state index >= 15 is 0 Å². The van der Waals surface area contributed by atoms with Gasteiger partial charge in [-0.2, -0.15) is 0 Å². The third kappa shape index (κ3) is 1.30. The van der Waals surface area contributed by atoms with Crippen LogP contribution < -0.4 is 11.2 Å². The van der Waals surface area contributed by atoms with E-state index in [1.807, 2.05) is 0 Å². The third-order valence-corrected chi connectivity index (χ3v) is 3.87. The number of ether oxygens (including phenoxy) is 1. The number of fused-ring (bicyclic) bond motifs is 3. The van der Waals surface area contributed by atoms with E-state index in [-0.39, 0.29) is 12.0 Å². The lowest BCUT2D eigenvalue weighted by atomic mass is 9.89. The first-order valence-electron chi connectivity index (χ1n) is 6.08. The summed E-state index contributed by atoms with van der Waals surface area (Å²) < 4.78 is 5.77. The average molecular weight is 248 g/mol. The highest BCUT2D eigenvalue weighted by atomic mass is 16.5. The van der Waals surface area contributed by atoms with Crippen LogP contribution in [0.5, 0.6) is 0 Å². The van der Waals surface area contributed by atoms with Crippen molar-refractivity contribution in [3.05, 3.63) is 26.7 Å². The van der Waals surface area contributed by atoms with Gasteiger partial charge in [0.05, 0.1) is 12.2 Å². The molecule has 3 unspecified atom stereocenters. The Hall–Kier alpha value is -1.89. The van der Waals surface area contributed by atoms with Crippen LogP contribution in [0, 0.1) is 0 Å². The Morgan fingerprint density at radius 3 is 2.78 bits per heavy atom. The van der Waals surface area contributed by atoms with Crippen molar-refractivity contribution in [2.24, 2.45) is 0 Å². The highest BCUT2D eigenvalue weighted by Crippen LogP contribution is 2.43. The fourth-order valence-electron chi connectivity index (χ4n) is 3.05. The van der Waals surface area contributed by atoms with Crippen LogP contribution in [0.1, 0.15) is 31.0 Å². The van der Waals surface area contributed by atoms with E-state index in [0.717, 1.165) is 25.1 Å². The number of rotatable bonds is 1. The lowest BCUT2D eigenvalue weighted by Crippen LogP contribution is -2.21. The lowest BCUT2D eigenvalue weighted by molar-refractivity contribution is 0.0999. The maximum absolute atomic E-state index is 11.6. The molecule has 0 radical (unpaired) electrons. The monoisotopic (exact) mass is 248 g/mol. The summed E-state index contributed by atoms with van der Waals surface area (Å²) in [6.07, 6.45) is 3.61. The second-order valence-electron chi connectivity index (χ2n) is 4.97. The predicted octanol–water partition coefficient (Wildman–Crippen LogP) is -0.0256. The van der Waals surface area contributed by atoms with Gasteiger partial charge in [0.1, 0.15) is 11.3 Å². The standard InChI is InChI=1S/C11H12N4O3/c16-10-7-9(14-11(17)15-10)13-8(12-7)5-3-4-1-2-6(5)18-4/h4-6H,1-3H2,(H3,12,13,14,15,16,17). The molecule has 2 bridgehead atoms. The molecule has 4 heterocycles. The molecule has 2 aliphatic heterocycles. The first kappa shape index (κ1) is 10.1. The molecule has 3 N–H and O–H groups in total. The summed E-state index contributed by atoms with van der Waals surface area (Å²) in [7, 11) is 0. The molecule has 2 fully saturated rings. The zero-order valence-corrected chi connectivity index (χ0v) is 9.53. The smallest absolute Gasteiger partial charge is 0.327 e. The summed E-state index contributed by atoms with van der Waals surface area (Å²) in [5.41, 5.74) is -0.319. The van der Waals surface area contributed by atoms with Gasteiger partial charge in [-0.1, -0.05) is 0 Å². The molecule has 94 valence electrons. The first-order valence-corrected chi connectivity index (χ1v) is 6.08. The van der Waals surface area contributed by atoms with Gasteiger partial charge in [0.25, 0.3) is 5.56 Å². The molecule has 18 heavy (non-hydrogen) atoms. The Morgan fingerprint density at radius 1 is 1.17 bits per heavy atom. The van der Waals surface area contributed by atoms with Crippen molar-refractivity contribution in [1.29, 1.82) is 0 Å². The zero-order valence-electron chi connectivity index (χ0n) is 9.53. The molecule has 3 atom stereocenters. The van der Waals surface area contributed by atoms with Gasteiger partial charge in [-0.05, 0) is 19.3 Å². The minimum Gasteiger partial charge on any atom is -0.374 e. The fraction of sp³-hybridized carbons (Fsp3) is 0.545. The summed E-state index contributed by atoms with van der Waals surface area (Å²) in [6, 6.07) is 0. The van der Waals surface area contributed by atoms with Crippen LogP contribution in [-0.4, -0.2) is 32.1 Å². The molecule has 2 saturated heterocycles. The molecule has 7 heteroatoms. The van der Waals surface area contributed by atoms with Gasteiger partial charge in [0, 0.05) is 5.92 Å². The van der Waals surface area contributed by atoms with E-state index < -0.39 is 11.2 Å². The molecule has 0 amide bonds. The predicted molar refractivity (Wildman–Crippen MR) is 62.6 cm³/mol. The van der Waals surface area contributed by atoms with E-state index in [1.54, 1.807) is 0 Å². The summed E-state index contributed by atoms with van der Waals surface area (Å²) in [5, 5.41) is 0. The van der Waals surface area contributed by atoms with E-state index in [0.29, 0.717) is 17.3 Å². The molecule has 2 aliphatic rings. The van der Waals surface area contributed by atoms with Crippen LogP contribution >= 0.6 is 0 Å². The van der Waals surface area contributed by atoms with E-state index in [4.69, 9.17) is 4.74 Å². The van der Waals surface area contributed by atoms with E-state index in [2.05, 4.69) is 19.9 Å². The van der Waals surface area contributed by atoms with Crippen molar-refractivity contribution in [1.82, 2.24) is 19.9 Å². The second kappa shape index (κ2) is 3.32. The Labute approximate surface area is 101 Å².